The fourth-order valence-corrected chi connectivity index (χ4v) is 2.93. The van der Waals surface area contributed by atoms with E-state index in [1.165, 1.54) is 0 Å². The standard InChI is InChI=1S/C15H20O5S/c1-2-3-5-10-13-14(20-21(17)19-13)15(16)18-11-12-8-6-4-7-9-12/h4,6-9,13-14H,2-3,5,10-11H2,1H3/t13-,14+,21?/m0/s1. The average Bonchev–Trinajstić information content (AvgIpc) is 2.87. The van der Waals surface area contributed by atoms with Gasteiger partial charge in [0.1, 0.15) is 12.7 Å². The second kappa shape index (κ2) is 8.26. The summed E-state index contributed by atoms with van der Waals surface area (Å²) in [6.45, 7) is 2.27. The lowest BCUT2D eigenvalue weighted by Gasteiger charge is -2.14. The van der Waals surface area contributed by atoms with Crippen molar-refractivity contribution in [3.05, 3.63) is 35.9 Å². The van der Waals surface area contributed by atoms with Gasteiger partial charge in [0.2, 0.25) is 6.10 Å². The second-order valence-corrected chi connectivity index (χ2v) is 5.74. The molecule has 0 bridgehead atoms. The van der Waals surface area contributed by atoms with Crippen molar-refractivity contribution in [2.45, 2.75) is 51.4 Å². The molecular weight excluding hydrogens is 292 g/mol. The van der Waals surface area contributed by atoms with E-state index < -0.39 is 29.5 Å². The highest BCUT2D eigenvalue weighted by atomic mass is 32.2. The summed E-state index contributed by atoms with van der Waals surface area (Å²) in [5.74, 6) is -0.522. The summed E-state index contributed by atoms with van der Waals surface area (Å²) >= 11 is -1.86. The van der Waals surface area contributed by atoms with Gasteiger partial charge in [-0.3, -0.25) is 8.37 Å². The van der Waals surface area contributed by atoms with E-state index in [1.807, 2.05) is 30.3 Å². The first kappa shape index (κ1) is 16.1. The molecule has 3 atom stereocenters. The number of esters is 1. The Kier molecular flexibility index (Phi) is 6.35. The minimum Gasteiger partial charge on any atom is -0.459 e. The van der Waals surface area contributed by atoms with Crippen LogP contribution in [0, 0.1) is 0 Å². The molecule has 6 heteroatoms. The van der Waals surface area contributed by atoms with Gasteiger partial charge in [-0.05, 0) is 12.0 Å². The summed E-state index contributed by atoms with van der Waals surface area (Å²) in [4.78, 5) is 12.0. The summed E-state index contributed by atoms with van der Waals surface area (Å²) in [6.07, 6.45) is 2.28. The molecule has 0 aliphatic carbocycles. The van der Waals surface area contributed by atoms with Crippen LogP contribution in [0.1, 0.15) is 38.2 Å². The quantitative estimate of drug-likeness (QED) is 0.572. The molecule has 1 aliphatic rings. The summed E-state index contributed by atoms with van der Waals surface area (Å²) in [7, 11) is 0. The molecule has 1 saturated heterocycles. The predicted octanol–water partition coefficient (Wildman–Crippen LogP) is 2.67. The number of ether oxygens (including phenoxy) is 1. The fraction of sp³-hybridized carbons (Fsp3) is 0.533. The van der Waals surface area contributed by atoms with Crippen LogP contribution in [0.15, 0.2) is 30.3 Å². The molecule has 1 heterocycles. The number of hydrogen-bond acceptors (Lipinski definition) is 5. The summed E-state index contributed by atoms with van der Waals surface area (Å²) < 4.78 is 26.7. The minimum absolute atomic E-state index is 0.174. The van der Waals surface area contributed by atoms with Gasteiger partial charge in [0.15, 0.2) is 0 Å². The van der Waals surface area contributed by atoms with Crippen LogP contribution < -0.4 is 0 Å². The van der Waals surface area contributed by atoms with Gasteiger partial charge in [-0.15, -0.1) is 0 Å². The average molecular weight is 312 g/mol. The van der Waals surface area contributed by atoms with E-state index in [1.54, 1.807) is 0 Å². The molecule has 1 aromatic rings. The lowest BCUT2D eigenvalue weighted by molar-refractivity contribution is -0.154. The number of benzene rings is 1. The van der Waals surface area contributed by atoms with E-state index in [4.69, 9.17) is 13.1 Å². The monoisotopic (exact) mass is 312 g/mol. The number of carbonyl (C=O) groups is 1. The molecule has 0 spiro atoms. The zero-order valence-electron chi connectivity index (χ0n) is 12.0. The largest absolute Gasteiger partial charge is 0.459 e. The van der Waals surface area contributed by atoms with Gasteiger partial charge < -0.3 is 4.74 Å². The van der Waals surface area contributed by atoms with Gasteiger partial charge >= 0.3 is 17.3 Å². The van der Waals surface area contributed by atoms with Crippen LogP contribution in [0.3, 0.4) is 0 Å². The molecule has 0 saturated carbocycles. The topological polar surface area (TPSA) is 61.8 Å². The molecule has 21 heavy (non-hydrogen) atoms. The van der Waals surface area contributed by atoms with E-state index in [0.717, 1.165) is 24.8 Å². The van der Waals surface area contributed by atoms with Gasteiger partial charge in [0, 0.05) is 0 Å². The second-order valence-electron chi connectivity index (χ2n) is 4.94. The van der Waals surface area contributed by atoms with Crippen LogP contribution in [0.25, 0.3) is 0 Å². The summed E-state index contributed by atoms with van der Waals surface area (Å²) in [5, 5.41) is 0. The minimum atomic E-state index is -1.86. The Bertz CT molecular complexity index is 476. The molecule has 5 nitrogen and oxygen atoms in total. The van der Waals surface area contributed by atoms with Crippen molar-refractivity contribution in [3.8, 4) is 0 Å². The molecule has 0 radical (unpaired) electrons. The van der Waals surface area contributed by atoms with Crippen molar-refractivity contribution in [1.82, 2.24) is 0 Å². The smallest absolute Gasteiger partial charge is 0.339 e. The Labute approximate surface area is 127 Å². The molecule has 0 aromatic heterocycles. The Morgan fingerprint density at radius 2 is 2.00 bits per heavy atom. The lowest BCUT2D eigenvalue weighted by atomic mass is 10.1. The van der Waals surface area contributed by atoms with E-state index >= 15 is 0 Å². The molecule has 0 amide bonds. The molecular formula is C15H20O5S. The van der Waals surface area contributed by atoms with Gasteiger partial charge in [-0.25, -0.2) is 4.79 Å². The third-order valence-corrected chi connectivity index (χ3v) is 4.04. The van der Waals surface area contributed by atoms with Crippen molar-refractivity contribution in [3.63, 3.8) is 0 Å². The molecule has 0 N–H and O–H groups in total. The van der Waals surface area contributed by atoms with E-state index in [0.29, 0.717) is 6.42 Å². The van der Waals surface area contributed by atoms with Crippen LogP contribution >= 0.6 is 0 Å². The zero-order chi connectivity index (χ0) is 15.1. The number of carbonyl (C=O) groups excluding carboxylic acids is 1. The Hall–Kier alpha value is -1.24. The Morgan fingerprint density at radius 1 is 1.24 bits per heavy atom. The highest BCUT2D eigenvalue weighted by Gasteiger charge is 2.41. The third kappa shape index (κ3) is 4.91. The highest BCUT2D eigenvalue weighted by Crippen LogP contribution is 2.24. The molecule has 1 aliphatic heterocycles. The highest BCUT2D eigenvalue weighted by molar-refractivity contribution is 7.75. The molecule has 1 fully saturated rings. The third-order valence-electron chi connectivity index (χ3n) is 3.27. The van der Waals surface area contributed by atoms with Crippen molar-refractivity contribution in [2.75, 3.05) is 0 Å². The van der Waals surface area contributed by atoms with Crippen LogP contribution in [0.2, 0.25) is 0 Å². The van der Waals surface area contributed by atoms with Crippen LogP contribution in [0.5, 0.6) is 0 Å². The molecule has 1 unspecified atom stereocenters. The first-order valence-electron chi connectivity index (χ1n) is 7.17. The normalized spacial score (nSPS) is 24.9. The van der Waals surface area contributed by atoms with Crippen LogP contribution in [-0.2, 0) is 35.9 Å². The fourth-order valence-electron chi connectivity index (χ4n) is 2.12. The van der Waals surface area contributed by atoms with Crippen molar-refractivity contribution < 1.29 is 22.1 Å². The van der Waals surface area contributed by atoms with Crippen molar-refractivity contribution in [1.29, 1.82) is 0 Å². The zero-order valence-corrected chi connectivity index (χ0v) is 12.8. The summed E-state index contributed by atoms with van der Waals surface area (Å²) in [5.41, 5.74) is 0.897. The van der Waals surface area contributed by atoms with Crippen LogP contribution in [-0.4, -0.2) is 22.4 Å². The van der Waals surface area contributed by atoms with E-state index in [9.17, 15) is 9.00 Å². The lowest BCUT2D eigenvalue weighted by Crippen LogP contribution is -2.32. The number of rotatable bonds is 7. The maximum Gasteiger partial charge on any atom is 0.339 e. The van der Waals surface area contributed by atoms with Gasteiger partial charge in [0.25, 0.3) is 0 Å². The Balaban J connectivity index is 1.85. The first-order valence-corrected chi connectivity index (χ1v) is 8.17. The summed E-state index contributed by atoms with van der Waals surface area (Å²) in [6, 6.07) is 9.39. The van der Waals surface area contributed by atoms with Gasteiger partial charge in [-0.2, -0.15) is 4.21 Å². The molecule has 116 valence electrons. The van der Waals surface area contributed by atoms with Gasteiger partial charge in [0.05, 0.1) is 0 Å². The van der Waals surface area contributed by atoms with Crippen molar-refractivity contribution >= 4 is 17.3 Å². The van der Waals surface area contributed by atoms with E-state index in [2.05, 4.69) is 6.92 Å². The molecule has 1 aromatic carbocycles. The number of hydrogen-bond donors (Lipinski definition) is 0. The predicted molar refractivity (Wildman–Crippen MR) is 78.3 cm³/mol. The van der Waals surface area contributed by atoms with Gasteiger partial charge in [-0.1, -0.05) is 56.5 Å². The number of unbranched alkanes of at least 4 members (excludes halogenated alkanes) is 2. The SMILES string of the molecule is CCCCC[C@@H]1OS(=O)O[C@H]1C(=O)OCc1ccccc1. The molecule has 2 rings (SSSR count). The maximum absolute atomic E-state index is 12.0. The van der Waals surface area contributed by atoms with E-state index in [-0.39, 0.29) is 6.61 Å². The maximum atomic E-state index is 12.0. The Morgan fingerprint density at radius 3 is 2.71 bits per heavy atom. The first-order chi connectivity index (χ1) is 10.2. The van der Waals surface area contributed by atoms with Crippen LogP contribution in [0.4, 0.5) is 0 Å². The van der Waals surface area contributed by atoms with Crippen molar-refractivity contribution in [2.24, 2.45) is 0 Å².